The second-order valence-electron chi connectivity index (χ2n) is 7.59. The van der Waals surface area contributed by atoms with Crippen LogP contribution in [0.15, 0.2) is 47.4 Å². The van der Waals surface area contributed by atoms with Crippen LogP contribution in [-0.4, -0.2) is 34.0 Å². The Labute approximate surface area is 180 Å². The zero-order valence-electron chi connectivity index (χ0n) is 16.9. The van der Waals surface area contributed by atoms with Crippen molar-refractivity contribution in [2.75, 3.05) is 30.3 Å². The molecule has 1 unspecified atom stereocenters. The molecule has 6 nitrogen and oxygen atoms in total. The van der Waals surface area contributed by atoms with Gasteiger partial charge in [0.25, 0.3) is 0 Å². The van der Waals surface area contributed by atoms with E-state index in [1.165, 1.54) is 8.87 Å². The smallest absolute Gasteiger partial charge is 0.399 e. The van der Waals surface area contributed by atoms with Crippen molar-refractivity contribution in [3.63, 3.8) is 0 Å². The molecule has 3 aromatic rings. The van der Waals surface area contributed by atoms with Gasteiger partial charge in [-0.2, -0.15) is 13.2 Å². The average Bonchev–Trinajstić information content (AvgIpc) is 3.12. The zero-order valence-corrected chi connectivity index (χ0v) is 17.7. The van der Waals surface area contributed by atoms with Crippen LogP contribution in [0.4, 0.5) is 24.5 Å². The maximum absolute atomic E-state index is 13.7. The van der Waals surface area contributed by atoms with E-state index in [0.29, 0.717) is 35.0 Å². The highest BCUT2D eigenvalue weighted by Crippen LogP contribution is 2.34. The quantitative estimate of drug-likeness (QED) is 0.589. The number of hydrogen-bond acceptors (Lipinski definition) is 4. The van der Waals surface area contributed by atoms with Gasteiger partial charge in [-0.3, -0.25) is 4.31 Å². The maximum atomic E-state index is 13.7. The van der Waals surface area contributed by atoms with Crippen LogP contribution in [0.25, 0.3) is 11.0 Å². The Kier molecular flexibility index (Phi) is 5.94. The maximum Gasteiger partial charge on any atom is 0.449 e. The predicted molar refractivity (Wildman–Crippen MR) is 114 cm³/mol. The normalized spacial score (nSPS) is 16.5. The standard InChI is InChI=1S/C21H23F3N4O2S/c1-27(31(29)17-5-2-15(25)3-6-17)16-4-7-19-18(12-16)26-20(21(22,23)24)28(19)13-14-8-10-30-11-9-14/h2-7,12,14H,8-11,13,25H2,1H3. The van der Waals surface area contributed by atoms with Crippen LogP contribution in [0.3, 0.4) is 0 Å². The van der Waals surface area contributed by atoms with Gasteiger partial charge in [-0.05, 0) is 61.2 Å². The number of aromatic nitrogens is 2. The Morgan fingerprint density at radius 3 is 2.52 bits per heavy atom. The summed E-state index contributed by atoms with van der Waals surface area (Å²) >= 11 is 0. The van der Waals surface area contributed by atoms with E-state index in [4.69, 9.17) is 10.5 Å². The molecule has 2 heterocycles. The van der Waals surface area contributed by atoms with Gasteiger partial charge in [-0.25, -0.2) is 9.19 Å². The van der Waals surface area contributed by atoms with Crippen LogP contribution >= 0.6 is 0 Å². The summed E-state index contributed by atoms with van der Waals surface area (Å²) in [6, 6.07) is 11.4. The Hall–Kier alpha value is -2.59. The molecule has 1 aromatic heterocycles. The molecule has 1 aliphatic heterocycles. The molecule has 4 rings (SSSR count). The number of anilines is 2. The SMILES string of the molecule is CN(c1ccc2c(c1)nc(C(F)(F)F)n2CC1CCOCC1)S(=O)c1ccc(N)cc1. The minimum atomic E-state index is -4.57. The fourth-order valence-corrected chi connectivity index (χ4v) is 4.73. The molecule has 2 aromatic carbocycles. The molecule has 0 bridgehead atoms. The summed E-state index contributed by atoms with van der Waals surface area (Å²) in [4.78, 5) is 4.44. The van der Waals surface area contributed by atoms with E-state index < -0.39 is 23.0 Å². The summed E-state index contributed by atoms with van der Waals surface area (Å²) in [5.74, 6) is -0.805. The first-order valence-corrected chi connectivity index (χ1v) is 11.0. The van der Waals surface area contributed by atoms with Crippen LogP contribution in [0.5, 0.6) is 0 Å². The van der Waals surface area contributed by atoms with Gasteiger partial charge < -0.3 is 15.0 Å². The lowest BCUT2D eigenvalue weighted by molar-refractivity contribution is -0.147. The lowest BCUT2D eigenvalue weighted by Crippen LogP contribution is -2.23. The van der Waals surface area contributed by atoms with Gasteiger partial charge in [0.1, 0.15) is 0 Å². The van der Waals surface area contributed by atoms with Crippen molar-refractivity contribution in [2.24, 2.45) is 5.92 Å². The molecule has 0 saturated carbocycles. The monoisotopic (exact) mass is 452 g/mol. The molecule has 1 fully saturated rings. The summed E-state index contributed by atoms with van der Waals surface area (Å²) in [6.07, 6.45) is -3.13. The number of imidazole rings is 1. The molecular formula is C21H23F3N4O2S. The molecule has 0 radical (unpaired) electrons. The van der Waals surface area contributed by atoms with Crippen LogP contribution in [-0.2, 0) is 28.4 Å². The number of halogens is 3. The van der Waals surface area contributed by atoms with Gasteiger partial charge in [0.15, 0.2) is 11.0 Å². The largest absolute Gasteiger partial charge is 0.449 e. The van der Waals surface area contributed by atoms with Crippen molar-refractivity contribution in [2.45, 2.75) is 30.5 Å². The number of fused-ring (bicyclic) bond motifs is 1. The third-order valence-electron chi connectivity index (χ3n) is 5.46. The number of alkyl halides is 3. The minimum Gasteiger partial charge on any atom is -0.399 e. The topological polar surface area (TPSA) is 73.4 Å². The van der Waals surface area contributed by atoms with E-state index in [1.807, 2.05) is 0 Å². The van der Waals surface area contributed by atoms with Crippen LogP contribution in [0.2, 0.25) is 0 Å². The molecule has 0 aliphatic carbocycles. The molecule has 31 heavy (non-hydrogen) atoms. The highest BCUT2D eigenvalue weighted by molar-refractivity contribution is 7.86. The molecule has 10 heteroatoms. The van der Waals surface area contributed by atoms with E-state index in [9.17, 15) is 17.4 Å². The number of nitrogens with two attached hydrogens (primary N) is 1. The van der Waals surface area contributed by atoms with Crippen LogP contribution < -0.4 is 10.0 Å². The predicted octanol–water partition coefficient (Wildman–Crippen LogP) is 4.22. The van der Waals surface area contributed by atoms with E-state index in [-0.39, 0.29) is 18.0 Å². The molecule has 1 atom stereocenters. The van der Waals surface area contributed by atoms with Crippen LogP contribution in [0.1, 0.15) is 18.7 Å². The molecule has 2 N–H and O–H groups in total. The second kappa shape index (κ2) is 8.51. The average molecular weight is 453 g/mol. The highest BCUT2D eigenvalue weighted by atomic mass is 32.2. The Bertz CT molecular complexity index is 1090. The number of nitrogen functional groups attached to an aromatic ring is 1. The van der Waals surface area contributed by atoms with Gasteiger partial charge in [-0.1, -0.05) is 0 Å². The summed E-state index contributed by atoms with van der Waals surface area (Å²) < 4.78 is 62.1. The number of ether oxygens (including phenoxy) is 1. The fraction of sp³-hybridized carbons (Fsp3) is 0.381. The summed E-state index contributed by atoms with van der Waals surface area (Å²) in [7, 11) is 0.0778. The molecule has 0 spiro atoms. The van der Waals surface area contributed by atoms with Crippen molar-refractivity contribution in [1.82, 2.24) is 9.55 Å². The Balaban J connectivity index is 1.68. The minimum absolute atomic E-state index is 0.104. The van der Waals surface area contributed by atoms with Crippen molar-refractivity contribution in [3.8, 4) is 0 Å². The number of nitrogens with zero attached hydrogens (tertiary/aromatic N) is 3. The molecule has 0 amide bonds. The first-order valence-electron chi connectivity index (χ1n) is 9.90. The van der Waals surface area contributed by atoms with Crippen LogP contribution in [0, 0.1) is 5.92 Å². The Morgan fingerprint density at radius 2 is 1.87 bits per heavy atom. The summed E-state index contributed by atoms with van der Waals surface area (Å²) in [6.45, 7) is 1.36. The summed E-state index contributed by atoms with van der Waals surface area (Å²) in [5.41, 5.74) is 7.37. The molecular weight excluding hydrogens is 429 g/mol. The van der Waals surface area contributed by atoms with E-state index in [2.05, 4.69) is 4.98 Å². The lowest BCUT2D eigenvalue weighted by atomic mass is 10.0. The molecule has 1 saturated heterocycles. The van der Waals surface area contributed by atoms with Gasteiger partial charge in [0.05, 0.1) is 21.6 Å². The molecule has 166 valence electrons. The Morgan fingerprint density at radius 1 is 1.19 bits per heavy atom. The third kappa shape index (κ3) is 4.54. The number of rotatable bonds is 5. The molecule has 1 aliphatic rings. The number of benzene rings is 2. The highest BCUT2D eigenvalue weighted by Gasteiger charge is 2.38. The van der Waals surface area contributed by atoms with E-state index in [0.717, 1.165) is 12.8 Å². The van der Waals surface area contributed by atoms with Gasteiger partial charge in [0.2, 0.25) is 5.82 Å². The van der Waals surface area contributed by atoms with E-state index in [1.54, 1.807) is 49.5 Å². The van der Waals surface area contributed by atoms with Gasteiger partial charge >= 0.3 is 6.18 Å². The van der Waals surface area contributed by atoms with Gasteiger partial charge in [0, 0.05) is 32.5 Å². The fourth-order valence-electron chi connectivity index (χ4n) is 3.74. The van der Waals surface area contributed by atoms with Gasteiger partial charge in [-0.15, -0.1) is 0 Å². The third-order valence-corrected chi connectivity index (χ3v) is 6.84. The van der Waals surface area contributed by atoms with Crippen molar-refractivity contribution in [3.05, 3.63) is 48.3 Å². The second-order valence-corrected chi connectivity index (χ2v) is 9.11. The van der Waals surface area contributed by atoms with Crippen molar-refractivity contribution >= 4 is 33.4 Å². The van der Waals surface area contributed by atoms with Crippen molar-refractivity contribution < 1.29 is 22.1 Å². The van der Waals surface area contributed by atoms with Crippen molar-refractivity contribution in [1.29, 1.82) is 0 Å². The van der Waals surface area contributed by atoms with E-state index >= 15 is 0 Å². The first-order chi connectivity index (χ1) is 14.7. The first kappa shape index (κ1) is 21.6. The number of hydrogen-bond donors (Lipinski definition) is 1. The summed E-state index contributed by atoms with van der Waals surface area (Å²) in [5, 5.41) is 0. The zero-order chi connectivity index (χ0) is 22.2. The lowest BCUT2D eigenvalue weighted by Gasteiger charge is -2.24.